The van der Waals surface area contributed by atoms with Crippen LogP contribution in [-0.4, -0.2) is 5.78 Å². The number of hydrogen-bond donors (Lipinski definition) is 0. The zero-order valence-corrected chi connectivity index (χ0v) is 14.0. The van der Waals surface area contributed by atoms with Gasteiger partial charge < -0.3 is 0 Å². The third-order valence-corrected chi connectivity index (χ3v) is 4.38. The van der Waals surface area contributed by atoms with Crippen LogP contribution in [0.15, 0.2) is 36.4 Å². The van der Waals surface area contributed by atoms with Gasteiger partial charge in [-0.2, -0.15) is 0 Å². The van der Waals surface area contributed by atoms with Crippen molar-refractivity contribution in [2.75, 3.05) is 0 Å². The van der Waals surface area contributed by atoms with Crippen LogP contribution in [0.4, 0.5) is 0 Å². The van der Waals surface area contributed by atoms with Crippen LogP contribution >= 0.6 is 0 Å². The molecule has 0 fully saturated rings. The molecular weight excluding hydrogens is 268 g/mol. The Labute approximate surface area is 134 Å². The number of fused-ring (bicyclic) bond motifs is 1. The van der Waals surface area contributed by atoms with Gasteiger partial charge in [0.2, 0.25) is 0 Å². The lowest BCUT2D eigenvalue weighted by Crippen LogP contribution is -1.92. The van der Waals surface area contributed by atoms with Crippen molar-refractivity contribution in [3.8, 4) is 0 Å². The van der Waals surface area contributed by atoms with Crippen LogP contribution in [0, 0.1) is 0 Å². The van der Waals surface area contributed by atoms with Crippen LogP contribution in [0.3, 0.4) is 0 Å². The maximum absolute atomic E-state index is 11.5. The highest BCUT2D eigenvalue weighted by Crippen LogP contribution is 2.20. The molecule has 0 spiro atoms. The van der Waals surface area contributed by atoms with Gasteiger partial charge in [-0.15, -0.1) is 0 Å². The molecule has 0 aliphatic carbocycles. The SMILES string of the molecule is CCCCCCCCCc1ccc2ccc(C(C)=O)cc2c1. The summed E-state index contributed by atoms with van der Waals surface area (Å²) >= 11 is 0. The van der Waals surface area contributed by atoms with Crippen LogP contribution in [-0.2, 0) is 6.42 Å². The van der Waals surface area contributed by atoms with E-state index in [0.717, 1.165) is 12.0 Å². The quantitative estimate of drug-likeness (QED) is 0.390. The number of ketones is 1. The number of carbonyl (C=O) groups excluding carboxylic acids is 1. The fourth-order valence-corrected chi connectivity index (χ4v) is 2.96. The molecule has 0 N–H and O–H groups in total. The van der Waals surface area contributed by atoms with Crippen molar-refractivity contribution in [2.24, 2.45) is 0 Å². The van der Waals surface area contributed by atoms with Gasteiger partial charge in [0.05, 0.1) is 0 Å². The van der Waals surface area contributed by atoms with E-state index in [-0.39, 0.29) is 5.78 Å². The topological polar surface area (TPSA) is 17.1 Å². The third-order valence-electron chi connectivity index (χ3n) is 4.38. The van der Waals surface area contributed by atoms with E-state index < -0.39 is 0 Å². The molecule has 0 radical (unpaired) electrons. The number of Topliss-reactive ketones (excluding diaryl/α,β-unsaturated/α-hetero) is 1. The highest BCUT2D eigenvalue weighted by atomic mass is 16.1. The number of aryl methyl sites for hydroxylation is 1. The average molecular weight is 296 g/mol. The van der Waals surface area contributed by atoms with Crippen LogP contribution < -0.4 is 0 Å². The lowest BCUT2D eigenvalue weighted by Gasteiger charge is -2.06. The average Bonchev–Trinajstić information content (AvgIpc) is 2.53. The van der Waals surface area contributed by atoms with Gasteiger partial charge >= 0.3 is 0 Å². The number of unbranched alkanes of at least 4 members (excludes halogenated alkanes) is 6. The maximum Gasteiger partial charge on any atom is 0.159 e. The minimum atomic E-state index is 0.138. The number of rotatable bonds is 9. The van der Waals surface area contributed by atoms with Gasteiger partial charge in [0, 0.05) is 5.56 Å². The first-order valence-electron chi connectivity index (χ1n) is 8.74. The van der Waals surface area contributed by atoms with Gasteiger partial charge in [0.25, 0.3) is 0 Å². The molecule has 1 heteroatoms. The van der Waals surface area contributed by atoms with E-state index in [1.54, 1.807) is 6.92 Å². The van der Waals surface area contributed by atoms with E-state index in [0.29, 0.717) is 0 Å². The second-order valence-electron chi connectivity index (χ2n) is 6.32. The molecule has 22 heavy (non-hydrogen) atoms. The van der Waals surface area contributed by atoms with Gasteiger partial charge in [-0.05, 0) is 42.2 Å². The first-order chi connectivity index (χ1) is 10.7. The summed E-state index contributed by atoms with van der Waals surface area (Å²) in [6.07, 6.45) is 10.6. The van der Waals surface area contributed by atoms with E-state index in [9.17, 15) is 4.79 Å². The molecule has 0 atom stereocenters. The molecule has 0 bridgehead atoms. The largest absolute Gasteiger partial charge is 0.295 e. The molecule has 0 aromatic heterocycles. The van der Waals surface area contributed by atoms with Gasteiger partial charge in [-0.25, -0.2) is 0 Å². The Morgan fingerprint density at radius 3 is 2.23 bits per heavy atom. The Kier molecular flexibility index (Phi) is 6.64. The van der Waals surface area contributed by atoms with E-state index in [1.165, 1.54) is 61.3 Å². The fraction of sp³-hybridized carbons (Fsp3) is 0.476. The minimum absolute atomic E-state index is 0.138. The highest BCUT2D eigenvalue weighted by Gasteiger charge is 2.02. The van der Waals surface area contributed by atoms with Crippen molar-refractivity contribution in [1.82, 2.24) is 0 Å². The molecule has 0 amide bonds. The molecule has 2 aromatic rings. The van der Waals surface area contributed by atoms with Gasteiger partial charge in [0.1, 0.15) is 0 Å². The Hall–Kier alpha value is -1.63. The van der Waals surface area contributed by atoms with Gasteiger partial charge in [-0.3, -0.25) is 4.79 Å². The van der Waals surface area contributed by atoms with E-state index in [1.807, 2.05) is 18.2 Å². The molecule has 0 aliphatic rings. The Morgan fingerprint density at radius 2 is 1.50 bits per heavy atom. The lowest BCUT2D eigenvalue weighted by atomic mass is 9.99. The lowest BCUT2D eigenvalue weighted by molar-refractivity contribution is 0.101. The normalized spacial score (nSPS) is 11.0. The zero-order valence-electron chi connectivity index (χ0n) is 14.0. The zero-order chi connectivity index (χ0) is 15.8. The number of carbonyl (C=O) groups is 1. The van der Waals surface area contributed by atoms with Gasteiger partial charge in [0.15, 0.2) is 5.78 Å². The predicted octanol–water partition coefficient (Wildman–Crippen LogP) is 6.34. The van der Waals surface area contributed by atoms with Crippen molar-refractivity contribution in [3.05, 3.63) is 47.5 Å². The molecule has 118 valence electrons. The molecular formula is C21H28O. The first-order valence-corrected chi connectivity index (χ1v) is 8.74. The summed E-state index contributed by atoms with van der Waals surface area (Å²) in [5.41, 5.74) is 2.20. The van der Waals surface area contributed by atoms with Crippen LogP contribution in [0.25, 0.3) is 10.8 Å². The van der Waals surface area contributed by atoms with Crippen LogP contribution in [0.2, 0.25) is 0 Å². The van der Waals surface area contributed by atoms with Crippen molar-refractivity contribution < 1.29 is 4.79 Å². The van der Waals surface area contributed by atoms with Gasteiger partial charge in [-0.1, -0.05) is 75.8 Å². The second-order valence-corrected chi connectivity index (χ2v) is 6.32. The van der Waals surface area contributed by atoms with Crippen LogP contribution in [0.5, 0.6) is 0 Å². The Bertz CT molecular complexity index is 612. The summed E-state index contributed by atoms with van der Waals surface area (Å²) in [7, 11) is 0. The van der Waals surface area contributed by atoms with Crippen molar-refractivity contribution in [2.45, 2.75) is 65.2 Å². The number of hydrogen-bond acceptors (Lipinski definition) is 1. The molecule has 0 unspecified atom stereocenters. The van der Waals surface area contributed by atoms with Crippen molar-refractivity contribution in [1.29, 1.82) is 0 Å². The Morgan fingerprint density at radius 1 is 0.818 bits per heavy atom. The second kappa shape index (κ2) is 8.73. The first kappa shape index (κ1) is 16.7. The molecule has 0 aliphatic heterocycles. The maximum atomic E-state index is 11.5. The third kappa shape index (κ3) is 4.98. The minimum Gasteiger partial charge on any atom is -0.295 e. The van der Waals surface area contributed by atoms with Crippen LogP contribution in [0.1, 0.15) is 74.7 Å². The summed E-state index contributed by atoms with van der Waals surface area (Å²) in [6, 6.07) is 12.6. The fourth-order valence-electron chi connectivity index (χ4n) is 2.96. The summed E-state index contributed by atoms with van der Waals surface area (Å²) in [6.45, 7) is 3.89. The summed E-state index contributed by atoms with van der Waals surface area (Å²) in [5.74, 6) is 0.138. The van der Waals surface area contributed by atoms with E-state index in [4.69, 9.17) is 0 Å². The van der Waals surface area contributed by atoms with E-state index >= 15 is 0 Å². The smallest absolute Gasteiger partial charge is 0.159 e. The molecule has 0 saturated carbocycles. The molecule has 0 heterocycles. The summed E-state index contributed by atoms with van der Waals surface area (Å²) < 4.78 is 0. The van der Waals surface area contributed by atoms with Crippen molar-refractivity contribution >= 4 is 16.6 Å². The monoisotopic (exact) mass is 296 g/mol. The molecule has 2 rings (SSSR count). The molecule has 1 nitrogen and oxygen atoms in total. The summed E-state index contributed by atoms with van der Waals surface area (Å²) in [4.78, 5) is 11.5. The van der Waals surface area contributed by atoms with E-state index in [2.05, 4.69) is 25.1 Å². The molecule has 2 aromatic carbocycles. The summed E-state index contributed by atoms with van der Waals surface area (Å²) in [5, 5.41) is 2.40. The number of benzene rings is 2. The predicted molar refractivity (Wildman–Crippen MR) is 95.6 cm³/mol. The standard InChI is InChI=1S/C21H28O/c1-3-4-5-6-7-8-9-10-18-11-12-19-13-14-20(17(2)22)16-21(19)15-18/h11-16H,3-10H2,1-2H3. The highest BCUT2D eigenvalue weighted by molar-refractivity contribution is 5.98. The molecule has 0 saturated heterocycles. The Balaban J connectivity index is 1.87. The van der Waals surface area contributed by atoms with Crippen molar-refractivity contribution in [3.63, 3.8) is 0 Å².